The largest absolute Gasteiger partial charge is 0.478 e. The Kier molecular flexibility index (Phi) is 13.8. The summed E-state index contributed by atoms with van der Waals surface area (Å²) in [6.45, 7) is 7.72. The van der Waals surface area contributed by atoms with Gasteiger partial charge in [-0.2, -0.15) is 0 Å². The van der Waals surface area contributed by atoms with Crippen LogP contribution in [0.4, 0.5) is 0 Å². The molecular weight excluding hydrogens is 283 g/mol. The lowest BCUT2D eigenvalue weighted by Gasteiger charge is -2.01. The van der Waals surface area contributed by atoms with Crippen LogP contribution in [0.15, 0.2) is 24.8 Å². The number of carboxylic acids is 2. The zero-order valence-electron chi connectivity index (χ0n) is 10.1. The van der Waals surface area contributed by atoms with Crippen molar-refractivity contribution in [1.82, 2.24) is 0 Å². The van der Waals surface area contributed by atoms with Gasteiger partial charge >= 0.3 is 19.8 Å². The zero-order valence-corrected chi connectivity index (χ0v) is 11.0. The molecule has 19 heavy (non-hydrogen) atoms. The van der Waals surface area contributed by atoms with E-state index >= 15 is 0 Å². The van der Waals surface area contributed by atoms with Crippen molar-refractivity contribution in [1.29, 1.82) is 0 Å². The monoisotopic (exact) mass is 300 g/mol. The third-order valence-corrected chi connectivity index (χ3v) is 1.02. The highest BCUT2D eigenvalue weighted by atomic mass is 31.2. The first-order chi connectivity index (χ1) is 8.31. The summed E-state index contributed by atoms with van der Waals surface area (Å²) >= 11 is 0. The summed E-state index contributed by atoms with van der Waals surface area (Å²) in [4.78, 5) is 40.8. The molecule has 0 radical (unpaired) electrons. The van der Waals surface area contributed by atoms with Gasteiger partial charge in [0.2, 0.25) is 0 Å². The fraction of sp³-hybridized carbons (Fsp3) is 0.333. The van der Waals surface area contributed by atoms with Gasteiger partial charge in [-0.25, -0.2) is 14.2 Å². The van der Waals surface area contributed by atoms with E-state index in [1.165, 1.54) is 6.92 Å². The Bertz CT molecular complexity index is 346. The van der Waals surface area contributed by atoms with Crippen LogP contribution in [0.2, 0.25) is 0 Å². The molecule has 0 aliphatic heterocycles. The Hall–Kier alpha value is -1.51. The highest BCUT2D eigenvalue weighted by molar-refractivity contribution is 7.45. The highest BCUT2D eigenvalue weighted by Crippen LogP contribution is 2.25. The minimum Gasteiger partial charge on any atom is -0.478 e. The first-order valence-corrected chi connectivity index (χ1v) is 6.10. The van der Waals surface area contributed by atoms with Crippen LogP contribution in [0.5, 0.6) is 0 Å². The topological polar surface area (TPSA) is 173 Å². The third kappa shape index (κ3) is 48.0. The molecule has 1 unspecified atom stereocenters. The Morgan fingerprint density at radius 2 is 1.53 bits per heavy atom. The SMILES string of the molecule is C=C(CC(C)O)C(=O)O.C=CC(=O)O.O=P(O)(O)O. The van der Waals surface area contributed by atoms with E-state index in [0.717, 1.165) is 6.08 Å². The number of hydrogen-bond donors (Lipinski definition) is 6. The standard InChI is InChI=1S/C6H10O3.C3H4O2.H3O4P/c1-4(6(8)9)3-5(2)7;1-2-3(4)5;1-5(2,3)4/h5,7H,1,3H2,2H3,(H,8,9);2H,1H2,(H,4,5);(H3,1,2,3,4). The van der Waals surface area contributed by atoms with E-state index in [2.05, 4.69) is 13.2 Å². The summed E-state index contributed by atoms with van der Waals surface area (Å²) in [6, 6.07) is 0. The number of phosphoric acid groups is 1. The van der Waals surface area contributed by atoms with Crippen molar-refractivity contribution < 1.29 is 44.2 Å². The van der Waals surface area contributed by atoms with Gasteiger partial charge in [-0.3, -0.25) is 0 Å². The zero-order chi connectivity index (χ0) is 16.2. The van der Waals surface area contributed by atoms with Crippen molar-refractivity contribution in [3.8, 4) is 0 Å². The summed E-state index contributed by atoms with van der Waals surface area (Å²) in [7, 11) is -4.64. The van der Waals surface area contributed by atoms with Crippen LogP contribution >= 0.6 is 7.82 Å². The van der Waals surface area contributed by atoms with Gasteiger partial charge in [-0.15, -0.1) is 0 Å². The van der Waals surface area contributed by atoms with E-state index in [4.69, 9.17) is 34.6 Å². The minimum absolute atomic E-state index is 0.0463. The second-order valence-corrected chi connectivity index (χ2v) is 4.04. The van der Waals surface area contributed by atoms with Crippen LogP contribution in [0.1, 0.15) is 13.3 Å². The van der Waals surface area contributed by atoms with Gasteiger partial charge in [0.05, 0.1) is 6.10 Å². The fourth-order valence-electron chi connectivity index (χ4n) is 0.444. The first kappa shape index (κ1) is 22.7. The number of aliphatic hydroxyl groups is 1. The van der Waals surface area contributed by atoms with Gasteiger partial charge in [-0.1, -0.05) is 13.2 Å². The van der Waals surface area contributed by atoms with Crippen LogP contribution in [0.3, 0.4) is 0 Å². The van der Waals surface area contributed by atoms with E-state index < -0.39 is 25.9 Å². The van der Waals surface area contributed by atoms with Crippen LogP contribution in [0, 0.1) is 0 Å². The van der Waals surface area contributed by atoms with E-state index in [9.17, 15) is 9.59 Å². The highest BCUT2D eigenvalue weighted by Gasteiger charge is 2.05. The van der Waals surface area contributed by atoms with Gasteiger partial charge in [0.25, 0.3) is 0 Å². The number of carbonyl (C=O) groups is 2. The maximum absolute atomic E-state index is 10.0. The molecule has 0 saturated heterocycles. The molecule has 0 saturated carbocycles. The number of aliphatic carboxylic acids is 2. The van der Waals surface area contributed by atoms with Gasteiger partial charge in [0.15, 0.2) is 0 Å². The second-order valence-electron chi connectivity index (χ2n) is 3.02. The van der Waals surface area contributed by atoms with Gasteiger partial charge < -0.3 is 30.0 Å². The molecule has 0 aromatic carbocycles. The molecule has 0 aromatic rings. The lowest BCUT2D eigenvalue weighted by atomic mass is 10.1. The predicted molar refractivity (Wildman–Crippen MR) is 65.2 cm³/mol. The average molecular weight is 300 g/mol. The van der Waals surface area contributed by atoms with Crippen molar-refractivity contribution in [2.75, 3.05) is 0 Å². The number of hydrogen-bond acceptors (Lipinski definition) is 4. The number of rotatable bonds is 4. The van der Waals surface area contributed by atoms with Gasteiger partial charge in [0, 0.05) is 18.1 Å². The minimum atomic E-state index is -4.64. The van der Waals surface area contributed by atoms with Crippen LogP contribution in [0.25, 0.3) is 0 Å². The van der Waals surface area contributed by atoms with Crippen molar-refractivity contribution in [3.63, 3.8) is 0 Å². The molecule has 0 aliphatic carbocycles. The summed E-state index contributed by atoms with van der Waals surface area (Å²) < 4.78 is 8.88. The molecule has 0 aliphatic rings. The Morgan fingerprint density at radius 1 is 1.26 bits per heavy atom. The van der Waals surface area contributed by atoms with Crippen molar-refractivity contribution in [2.45, 2.75) is 19.4 Å². The normalized spacial score (nSPS) is 10.8. The molecular formula is C9H17O9P. The van der Waals surface area contributed by atoms with E-state index in [0.29, 0.717) is 0 Å². The molecule has 0 rings (SSSR count). The Morgan fingerprint density at radius 3 is 1.58 bits per heavy atom. The van der Waals surface area contributed by atoms with Gasteiger partial charge in [-0.05, 0) is 6.92 Å². The quantitative estimate of drug-likeness (QED) is 0.301. The lowest BCUT2D eigenvalue weighted by Crippen LogP contribution is -2.07. The van der Waals surface area contributed by atoms with Crippen LogP contribution in [-0.2, 0) is 14.2 Å². The molecule has 10 heteroatoms. The maximum Gasteiger partial charge on any atom is 0.466 e. The summed E-state index contributed by atoms with van der Waals surface area (Å²) in [5.74, 6) is -2.03. The smallest absolute Gasteiger partial charge is 0.466 e. The van der Waals surface area contributed by atoms with E-state index in [-0.39, 0.29) is 12.0 Å². The van der Waals surface area contributed by atoms with Gasteiger partial charge in [0.1, 0.15) is 0 Å². The summed E-state index contributed by atoms with van der Waals surface area (Å²) in [5, 5.41) is 24.5. The molecule has 0 amide bonds. The maximum atomic E-state index is 10.0. The molecule has 0 bridgehead atoms. The average Bonchev–Trinajstić information content (AvgIpc) is 2.14. The molecule has 0 spiro atoms. The third-order valence-electron chi connectivity index (χ3n) is 1.02. The molecule has 1 atom stereocenters. The fourth-order valence-corrected chi connectivity index (χ4v) is 0.444. The van der Waals surface area contributed by atoms with E-state index in [1.54, 1.807) is 0 Å². The first-order valence-electron chi connectivity index (χ1n) is 4.54. The molecule has 0 fully saturated rings. The molecule has 6 N–H and O–H groups in total. The van der Waals surface area contributed by atoms with Crippen molar-refractivity contribution in [2.24, 2.45) is 0 Å². The Labute approximate surface area is 109 Å². The number of aliphatic hydroxyl groups excluding tert-OH is 1. The second kappa shape index (κ2) is 11.6. The van der Waals surface area contributed by atoms with Crippen LogP contribution < -0.4 is 0 Å². The molecule has 0 aromatic heterocycles. The van der Waals surface area contributed by atoms with Crippen LogP contribution in [-0.4, -0.2) is 48.0 Å². The lowest BCUT2D eigenvalue weighted by molar-refractivity contribution is -0.133. The Balaban J connectivity index is -0.000000219. The molecule has 112 valence electrons. The predicted octanol–water partition coefficient (Wildman–Crippen LogP) is -0.274. The summed E-state index contributed by atoms with van der Waals surface area (Å²) in [5.41, 5.74) is 0.0463. The molecule has 9 nitrogen and oxygen atoms in total. The molecule has 0 heterocycles. The summed E-state index contributed by atoms with van der Waals surface area (Å²) in [6.07, 6.45) is 0.351. The van der Waals surface area contributed by atoms with Crippen molar-refractivity contribution >= 4 is 19.8 Å². The number of carboxylic acid groups (broad SMARTS) is 2. The van der Waals surface area contributed by atoms with Crippen molar-refractivity contribution in [3.05, 3.63) is 24.8 Å². The van der Waals surface area contributed by atoms with E-state index in [1.807, 2.05) is 0 Å².